The van der Waals surface area contributed by atoms with Crippen LogP contribution < -0.4 is 0 Å². The maximum absolute atomic E-state index is 2.21. The van der Waals surface area contributed by atoms with Crippen LogP contribution in [0.3, 0.4) is 0 Å². The van der Waals surface area contributed by atoms with Crippen LogP contribution in [0.4, 0.5) is 0 Å². The minimum atomic E-state index is 0.653. The van der Waals surface area contributed by atoms with Gasteiger partial charge in [0.15, 0.2) is 0 Å². The van der Waals surface area contributed by atoms with Crippen molar-refractivity contribution in [1.29, 1.82) is 0 Å². The van der Waals surface area contributed by atoms with Gasteiger partial charge in [-0.05, 0) is 30.4 Å². The van der Waals surface area contributed by atoms with Crippen LogP contribution in [-0.2, 0) is 6.42 Å². The summed E-state index contributed by atoms with van der Waals surface area (Å²) in [6.07, 6.45) is 2.45. The van der Waals surface area contributed by atoms with Crippen LogP contribution in [0.1, 0.15) is 49.8 Å². The third kappa shape index (κ3) is 6.24. The SMILES string of the molecule is CCCc1ccccc1.Cc1ccc(C(C)C)cc1. The second kappa shape index (κ2) is 8.53. The molecule has 0 radical (unpaired) electrons. The molecule has 2 aromatic rings. The van der Waals surface area contributed by atoms with Crippen molar-refractivity contribution in [2.45, 2.75) is 46.5 Å². The van der Waals surface area contributed by atoms with Gasteiger partial charge in [0, 0.05) is 0 Å². The Morgan fingerprint density at radius 1 is 0.842 bits per heavy atom. The molecule has 0 aliphatic carbocycles. The molecule has 0 nitrogen and oxygen atoms in total. The average Bonchev–Trinajstić information content (AvgIpc) is 2.41. The van der Waals surface area contributed by atoms with Gasteiger partial charge >= 0.3 is 0 Å². The van der Waals surface area contributed by atoms with Crippen molar-refractivity contribution in [3.63, 3.8) is 0 Å². The lowest BCUT2D eigenvalue weighted by Crippen LogP contribution is -1.85. The van der Waals surface area contributed by atoms with E-state index in [4.69, 9.17) is 0 Å². The molecule has 2 rings (SSSR count). The highest BCUT2D eigenvalue weighted by molar-refractivity contribution is 5.23. The van der Waals surface area contributed by atoms with Crippen molar-refractivity contribution in [3.8, 4) is 0 Å². The van der Waals surface area contributed by atoms with Gasteiger partial charge in [-0.15, -0.1) is 0 Å². The first kappa shape index (κ1) is 15.5. The fourth-order valence-corrected chi connectivity index (χ4v) is 1.88. The molecule has 0 unspecified atom stereocenters. The average molecular weight is 254 g/mol. The van der Waals surface area contributed by atoms with Crippen molar-refractivity contribution in [2.75, 3.05) is 0 Å². The molecule has 0 N–H and O–H groups in total. The maximum atomic E-state index is 2.21. The van der Waals surface area contributed by atoms with E-state index in [1.165, 1.54) is 29.5 Å². The number of rotatable bonds is 3. The molecule has 102 valence electrons. The van der Waals surface area contributed by atoms with Crippen molar-refractivity contribution in [3.05, 3.63) is 71.3 Å². The molecule has 0 fully saturated rings. The summed E-state index contributed by atoms with van der Waals surface area (Å²) in [5.41, 5.74) is 4.20. The minimum Gasteiger partial charge on any atom is -0.0651 e. The first-order valence-electron chi connectivity index (χ1n) is 7.24. The highest BCUT2D eigenvalue weighted by atomic mass is 14.0. The zero-order chi connectivity index (χ0) is 14.1. The number of hydrogen-bond donors (Lipinski definition) is 0. The van der Waals surface area contributed by atoms with Crippen LogP contribution in [0.5, 0.6) is 0 Å². The molecule has 0 spiro atoms. The Hall–Kier alpha value is -1.56. The second-order valence-electron chi connectivity index (χ2n) is 5.30. The van der Waals surface area contributed by atoms with Gasteiger partial charge in [0.05, 0.1) is 0 Å². The monoisotopic (exact) mass is 254 g/mol. The standard InChI is InChI=1S/C10H14.C9H12/c1-8(2)10-6-4-9(3)5-7-10;1-2-6-9-7-4-3-5-8-9/h4-8H,1-3H3;3-5,7-8H,2,6H2,1H3. The van der Waals surface area contributed by atoms with Crippen LogP contribution in [0.15, 0.2) is 54.6 Å². The van der Waals surface area contributed by atoms with Crippen molar-refractivity contribution < 1.29 is 0 Å². The van der Waals surface area contributed by atoms with Crippen LogP contribution >= 0.6 is 0 Å². The zero-order valence-corrected chi connectivity index (χ0v) is 12.7. The predicted octanol–water partition coefficient (Wildman–Crippen LogP) is 5.76. The van der Waals surface area contributed by atoms with E-state index in [1.807, 2.05) is 0 Å². The molecule has 0 heterocycles. The van der Waals surface area contributed by atoms with E-state index in [0.29, 0.717) is 5.92 Å². The van der Waals surface area contributed by atoms with Gasteiger partial charge in [-0.25, -0.2) is 0 Å². The highest BCUT2D eigenvalue weighted by Gasteiger charge is 1.95. The van der Waals surface area contributed by atoms with Gasteiger partial charge in [0.1, 0.15) is 0 Å². The van der Waals surface area contributed by atoms with Crippen LogP contribution in [-0.4, -0.2) is 0 Å². The maximum Gasteiger partial charge on any atom is -0.0219 e. The van der Waals surface area contributed by atoms with Gasteiger partial charge in [0.2, 0.25) is 0 Å². The van der Waals surface area contributed by atoms with E-state index >= 15 is 0 Å². The summed E-state index contributed by atoms with van der Waals surface area (Å²) in [6.45, 7) is 8.74. The van der Waals surface area contributed by atoms with Gasteiger partial charge in [-0.2, -0.15) is 0 Å². The summed E-state index contributed by atoms with van der Waals surface area (Å²) >= 11 is 0. The summed E-state index contributed by atoms with van der Waals surface area (Å²) in [6, 6.07) is 19.3. The van der Waals surface area contributed by atoms with Crippen LogP contribution in [0.25, 0.3) is 0 Å². The number of benzene rings is 2. The molecule has 2 aromatic carbocycles. The number of aryl methyl sites for hydroxylation is 2. The predicted molar refractivity (Wildman–Crippen MR) is 85.7 cm³/mol. The third-order valence-corrected chi connectivity index (χ3v) is 3.13. The van der Waals surface area contributed by atoms with Crippen molar-refractivity contribution in [1.82, 2.24) is 0 Å². The summed E-state index contributed by atoms with van der Waals surface area (Å²) in [7, 11) is 0. The Bertz CT molecular complexity index is 437. The Morgan fingerprint density at radius 3 is 1.89 bits per heavy atom. The Morgan fingerprint density at radius 2 is 1.42 bits per heavy atom. The minimum absolute atomic E-state index is 0.653. The molecule has 0 atom stereocenters. The lowest BCUT2D eigenvalue weighted by atomic mass is 10.0. The van der Waals surface area contributed by atoms with E-state index in [-0.39, 0.29) is 0 Å². The molecule has 0 aliphatic heterocycles. The normalized spacial score (nSPS) is 9.95. The van der Waals surface area contributed by atoms with E-state index in [1.54, 1.807) is 0 Å². The molecule has 19 heavy (non-hydrogen) atoms. The molecule has 0 aromatic heterocycles. The van der Waals surface area contributed by atoms with Gasteiger partial charge in [-0.3, -0.25) is 0 Å². The molecule has 0 aliphatic rings. The van der Waals surface area contributed by atoms with Gasteiger partial charge in [0.25, 0.3) is 0 Å². The lowest BCUT2D eigenvalue weighted by Gasteiger charge is -2.03. The molecule has 0 saturated heterocycles. The first-order valence-corrected chi connectivity index (χ1v) is 7.24. The summed E-state index contributed by atoms with van der Waals surface area (Å²) in [5.74, 6) is 0.653. The van der Waals surface area contributed by atoms with E-state index in [0.717, 1.165) is 0 Å². The number of hydrogen-bond acceptors (Lipinski definition) is 0. The van der Waals surface area contributed by atoms with Crippen LogP contribution in [0, 0.1) is 6.92 Å². The third-order valence-electron chi connectivity index (χ3n) is 3.13. The second-order valence-corrected chi connectivity index (χ2v) is 5.30. The molecule has 0 bridgehead atoms. The van der Waals surface area contributed by atoms with Crippen molar-refractivity contribution >= 4 is 0 Å². The molecular formula is C19H26. The van der Waals surface area contributed by atoms with E-state index in [2.05, 4.69) is 82.3 Å². The first-order chi connectivity index (χ1) is 9.13. The van der Waals surface area contributed by atoms with Crippen molar-refractivity contribution in [2.24, 2.45) is 0 Å². The molecule has 0 amide bonds. The van der Waals surface area contributed by atoms with Gasteiger partial charge in [-0.1, -0.05) is 87.4 Å². The molecule has 0 heteroatoms. The molecular weight excluding hydrogens is 228 g/mol. The highest BCUT2D eigenvalue weighted by Crippen LogP contribution is 2.13. The van der Waals surface area contributed by atoms with Gasteiger partial charge < -0.3 is 0 Å². The quantitative estimate of drug-likeness (QED) is 0.653. The van der Waals surface area contributed by atoms with Crippen LogP contribution in [0.2, 0.25) is 0 Å². The summed E-state index contributed by atoms with van der Waals surface area (Å²) in [4.78, 5) is 0. The zero-order valence-electron chi connectivity index (χ0n) is 12.7. The summed E-state index contributed by atoms with van der Waals surface area (Å²) in [5, 5.41) is 0. The van der Waals surface area contributed by atoms with E-state index < -0.39 is 0 Å². The largest absolute Gasteiger partial charge is 0.0651 e. The topological polar surface area (TPSA) is 0 Å². The fourth-order valence-electron chi connectivity index (χ4n) is 1.88. The smallest absolute Gasteiger partial charge is 0.0219 e. The fraction of sp³-hybridized carbons (Fsp3) is 0.368. The lowest BCUT2D eigenvalue weighted by molar-refractivity contribution is 0.866. The summed E-state index contributed by atoms with van der Waals surface area (Å²) < 4.78 is 0. The van der Waals surface area contributed by atoms with E-state index in [9.17, 15) is 0 Å². The Labute approximate surface area is 118 Å². The molecule has 0 saturated carbocycles. The Balaban J connectivity index is 0.000000191. The Kier molecular flexibility index (Phi) is 6.95.